The van der Waals surface area contributed by atoms with Crippen molar-refractivity contribution in [2.24, 2.45) is 0 Å². The van der Waals surface area contributed by atoms with Gasteiger partial charge in [0.1, 0.15) is 6.54 Å². The number of amides is 2. The van der Waals surface area contributed by atoms with Crippen LogP contribution in [-0.4, -0.2) is 45.1 Å². The van der Waals surface area contributed by atoms with Gasteiger partial charge in [-0.05, 0) is 18.9 Å². The fraction of sp³-hybridized carbons (Fsp3) is 0.688. The lowest BCUT2D eigenvalue weighted by Gasteiger charge is -2.27. The second-order valence-electron chi connectivity index (χ2n) is 6.36. The molecule has 1 N–H and O–H groups in total. The molecule has 0 spiro atoms. The first-order valence-electron chi connectivity index (χ1n) is 8.28. The molecule has 1 aromatic heterocycles. The van der Waals surface area contributed by atoms with E-state index in [1.807, 2.05) is 4.90 Å². The summed E-state index contributed by atoms with van der Waals surface area (Å²) in [5.41, 5.74) is 0. The molecule has 6 nitrogen and oxygen atoms in total. The van der Waals surface area contributed by atoms with Gasteiger partial charge in [-0.25, -0.2) is 0 Å². The summed E-state index contributed by atoms with van der Waals surface area (Å²) >= 11 is 0. The highest BCUT2D eigenvalue weighted by molar-refractivity contribution is 5.82. The van der Waals surface area contributed by atoms with E-state index in [1.54, 1.807) is 23.1 Å². The topological polar surface area (TPSA) is 67.2 Å². The first-order chi connectivity index (χ1) is 10.7. The summed E-state index contributed by atoms with van der Waals surface area (Å²) in [5.74, 6) is 0.112. The Hall–Kier alpha value is -1.85. The van der Waals surface area contributed by atoms with Crippen molar-refractivity contribution >= 4 is 11.8 Å². The summed E-state index contributed by atoms with van der Waals surface area (Å²) in [5, 5.41) is 6.99. The zero-order valence-corrected chi connectivity index (χ0v) is 12.9. The van der Waals surface area contributed by atoms with Gasteiger partial charge in [-0.1, -0.05) is 25.7 Å². The lowest BCUT2D eigenvalue weighted by Crippen LogP contribution is -2.41. The van der Waals surface area contributed by atoms with Gasteiger partial charge in [0, 0.05) is 31.4 Å². The largest absolute Gasteiger partial charge is 0.349 e. The number of hydrogen-bond donors (Lipinski definition) is 1. The van der Waals surface area contributed by atoms with Crippen molar-refractivity contribution in [2.75, 3.05) is 6.54 Å². The first-order valence-corrected chi connectivity index (χ1v) is 8.28. The van der Waals surface area contributed by atoms with Crippen molar-refractivity contribution in [3.63, 3.8) is 0 Å². The minimum atomic E-state index is -0.0794. The lowest BCUT2D eigenvalue weighted by atomic mass is 10.1. The van der Waals surface area contributed by atoms with Gasteiger partial charge in [-0.15, -0.1) is 0 Å². The Morgan fingerprint density at radius 1 is 1.27 bits per heavy atom. The fourth-order valence-corrected chi connectivity index (χ4v) is 3.57. The Morgan fingerprint density at radius 3 is 2.73 bits per heavy atom. The molecule has 1 saturated carbocycles. The molecule has 0 radical (unpaired) electrons. The van der Waals surface area contributed by atoms with Crippen LogP contribution in [0.15, 0.2) is 18.5 Å². The van der Waals surface area contributed by atoms with Crippen LogP contribution in [0, 0.1) is 0 Å². The second kappa shape index (κ2) is 6.94. The number of aromatic nitrogens is 2. The minimum Gasteiger partial charge on any atom is -0.349 e. The SMILES string of the molecule is O=C(Cn1cccn1)NC1CC(=O)N(C2CCCCCC2)C1. The van der Waals surface area contributed by atoms with Gasteiger partial charge in [-0.3, -0.25) is 14.3 Å². The Labute approximate surface area is 130 Å². The highest BCUT2D eigenvalue weighted by Gasteiger charge is 2.34. The molecular weight excluding hydrogens is 280 g/mol. The summed E-state index contributed by atoms with van der Waals surface area (Å²) in [4.78, 5) is 26.3. The van der Waals surface area contributed by atoms with Crippen LogP contribution in [-0.2, 0) is 16.1 Å². The molecule has 1 saturated heterocycles. The van der Waals surface area contributed by atoms with E-state index in [0.717, 1.165) is 12.8 Å². The molecule has 2 aliphatic rings. The van der Waals surface area contributed by atoms with Gasteiger partial charge in [0.05, 0.1) is 6.04 Å². The molecule has 120 valence electrons. The molecule has 1 aliphatic carbocycles. The molecule has 1 atom stereocenters. The third-order valence-corrected chi connectivity index (χ3v) is 4.65. The van der Waals surface area contributed by atoms with Crippen molar-refractivity contribution in [1.82, 2.24) is 20.0 Å². The van der Waals surface area contributed by atoms with Gasteiger partial charge in [0.25, 0.3) is 0 Å². The molecule has 1 aromatic rings. The van der Waals surface area contributed by atoms with E-state index in [0.29, 0.717) is 19.0 Å². The predicted octanol–water partition coefficient (Wildman–Crippen LogP) is 1.32. The highest BCUT2D eigenvalue weighted by atomic mass is 16.2. The lowest BCUT2D eigenvalue weighted by molar-refractivity contribution is -0.129. The number of likely N-dealkylation sites (tertiary alicyclic amines) is 1. The van der Waals surface area contributed by atoms with Gasteiger partial charge in [-0.2, -0.15) is 5.10 Å². The van der Waals surface area contributed by atoms with E-state index < -0.39 is 0 Å². The number of carbonyl (C=O) groups is 2. The normalized spacial score (nSPS) is 23.5. The summed E-state index contributed by atoms with van der Waals surface area (Å²) in [7, 11) is 0. The average molecular weight is 304 g/mol. The first kappa shape index (κ1) is 15.1. The molecule has 2 fully saturated rings. The zero-order chi connectivity index (χ0) is 15.4. The number of carbonyl (C=O) groups excluding carboxylic acids is 2. The monoisotopic (exact) mass is 304 g/mol. The van der Waals surface area contributed by atoms with Crippen molar-refractivity contribution in [3.8, 4) is 0 Å². The number of hydrogen-bond acceptors (Lipinski definition) is 3. The van der Waals surface area contributed by atoms with E-state index in [4.69, 9.17) is 0 Å². The fourth-order valence-electron chi connectivity index (χ4n) is 3.57. The summed E-state index contributed by atoms with van der Waals surface area (Å²) in [6, 6.07) is 2.11. The van der Waals surface area contributed by atoms with Gasteiger partial charge >= 0.3 is 0 Å². The van der Waals surface area contributed by atoms with Gasteiger partial charge in [0.2, 0.25) is 11.8 Å². The predicted molar refractivity (Wildman–Crippen MR) is 82.0 cm³/mol. The standard InChI is InChI=1S/C16H24N4O2/c21-15(12-19-9-5-8-17-19)18-13-10-16(22)20(11-13)14-6-3-1-2-4-7-14/h5,8-9,13-14H,1-4,6-7,10-12H2,(H,18,21). The average Bonchev–Trinajstić information content (AvgIpc) is 3.01. The maximum Gasteiger partial charge on any atom is 0.242 e. The highest BCUT2D eigenvalue weighted by Crippen LogP contribution is 2.25. The molecule has 1 unspecified atom stereocenters. The van der Waals surface area contributed by atoms with Crippen molar-refractivity contribution < 1.29 is 9.59 Å². The maximum absolute atomic E-state index is 12.3. The van der Waals surface area contributed by atoms with E-state index in [2.05, 4.69) is 10.4 Å². The van der Waals surface area contributed by atoms with Crippen molar-refractivity contribution in [1.29, 1.82) is 0 Å². The molecule has 6 heteroatoms. The van der Waals surface area contributed by atoms with E-state index in [-0.39, 0.29) is 24.4 Å². The molecule has 1 aliphatic heterocycles. The summed E-state index contributed by atoms with van der Waals surface area (Å²) in [6.45, 7) is 0.871. The zero-order valence-electron chi connectivity index (χ0n) is 12.9. The van der Waals surface area contributed by atoms with Crippen molar-refractivity contribution in [2.45, 2.75) is 63.6 Å². The molecule has 3 rings (SSSR count). The Morgan fingerprint density at radius 2 is 2.05 bits per heavy atom. The number of rotatable bonds is 4. The van der Waals surface area contributed by atoms with E-state index in [1.165, 1.54) is 25.7 Å². The van der Waals surface area contributed by atoms with Crippen LogP contribution < -0.4 is 5.32 Å². The Bertz CT molecular complexity index is 506. The van der Waals surface area contributed by atoms with Crippen LogP contribution >= 0.6 is 0 Å². The van der Waals surface area contributed by atoms with Crippen LogP contribution in [0.1, 0.15) is 44.9 Å². The quantitative estimate of drug-likeness (QED) is 0.853. The van der Waals surface area contributed by atoms with E-state index in [9.17, 15) is 9.59 Å². The van der Waals surface area contributed by atoms with Crippen LogP contribution in [0.25, 0.3) is 0 Å². The minimum absolute atomic E-state index is 0.0567. The molecule has 22 heavy (non-hydrogen) atoms. The van der Waals surface area contributed by atoms with Crippen molar-refractivity contribution in [3.05, 3.63) is 18.5 Å². The van der Waals surface area contributed by atoms with Crippen LogP contribution in [0.3, 0.4) is 0 Å². The smallest absolute Gasteiger partial charge is 0.242 e. The maximum atomic E-state index is 12.3. The Kier molecular flexibility index (Phi) is 4.75. The molecule has 0 bridgehead atoms. The molecule has 2 amide bonds. The summed E-state index contributed by atoms with van der Waals surface area (Å²) in [6.07, 6.45) is 11.1. The Balaban J connectivity index is 1.51. The molecule has 0 aromatic carbocycles. The van der Waals surface area contributed by atoms with Gasteiger partial charge in [0.15, 0.2) is 0 Å². The van der Waals surface area contributed by atoms with Crippen LogP contribution in [0.4, 0.5) is 0 Å². The summed E-state index contributed by atoms with van der Waals surface area (Å²) < 4.78 is 1.59. The number of nitrogens with zero attached hydrogens (tertiary/aromatic N) is 3. The molecule has 2 heterocycles. The second-order valence-corrected chi connectivity index (χ2v) is 6.36. The third kappa shape index (κ3) is 3.67. The van der Waals surface area contributed by atoms with Gasteiger partial charge < -0.3 is 10.2 Å². The molecular formula is C16H24N4O2. The van der Waals surface area contributed by atoms with E-state index >= 15 is 0 Å². The number of nitrogens with one attached hydrogen (secondary N) is 1. The van der Waals surface area contributed by atoms with Crippen LogP contribution in [0.5, 0.6) is 0 Å². The third-order valence-electron chi connectivity index (χ3n) is 4.65. The van der Waals surface area contributed by atoms with Crippen LogP contribution in [0.2, 0.25) is 0 Å².